The van der Waals surface area contributed by atoms with Crippen molar-refractivity contribution in [3.63, 3.8) is 0 Å². The third kappa shape index (κ3) is 4.72. The third-order valence-corrected chi connectivity index (χ3v) is 6.67. The van der Waals surface area contributed by atoms with Crippen molar-refractivity contribution in [1.29, 1.82) is 0 Å². The van der Waals surface area contributed by atoms with Crippen LogP contribution in [0, 0.1) is 5.82 Å². The van der Waals surface area contributed by atoms with Crippen LogP contribution < -0.4 is 4.74 Å². The molecule has 7 nitrogen and oxygen atoms in total. The number of piperidine rings is 1. The Hall–Kier alpha value is -4.04. The lowest BCUT2D eigenvalue weighted by atomic mass is 9.88. The number of ether oxygens (including phenoxy) is 1. The van der Waals surface area contributed by atoms with Crippen LogP contribution in [-0.4, -0.2) is 50.9 Å². The Morgan fingerprint density at radius 3 is 2.42 bits per heavy atom. The lowest BCUT2D eigenvalue weighted by Gasteiger charge is -2.31. The summed E-state index contributed by atoms with van der Waals surface area (Å²) in [5, 5.41) is 13.5. The van der Waals surface area contributed by atoms with Gasteiger partial charge in [-0.3, -0.25) is 9.78 Å². The highest BCUT2D eigenvalue weighted by Gasteiger charge is 2.27. The molecule has 1 aliphatic heterocycles. The van der Waals surface area contributed by atoms with E-state index in [1.165, 1.54) is 23.4 Å². The molecular weight excluding hydrogens is 459 g/mol. The summed E-state index contributed by atoms with van der Waals surface area (Å²) in [5.41, 5.74) is 4.44. The van der Waals surface area contributed by atoms with Gasteiger partial charge in [-0.2, -0.15) is 9.78 Å². The minimum atomic E-state index is -0.442. The van der Waals surface area contributed by atoms with Crippen LogP contribution in [-0.2, 0) is 6.61 Å². The number of amides is 1. The fraction of sp³-hybridized carbons (Fsp3) is 0.250. The molecular formula is C28H27FN4O3. The summed E-state index contributed by atoms with van der Waals surface area (Å²) >= 11 is 0. The van der Waals surface area contributed by atoms with Crippen molar-refractivity contribution in [1.82, 2.24) is 19.7 Å². The number of rotatable bonds is 6. The monoisotopic (exact) mass is 486 g/mol. The molecule has 2 aromatic carbocycles. The Bertz CT molecular complexity index is 1340. The number of likely N-dealkylation sites (tertiary alicyclic amines) is 1. The summed E-state index contributed by atoms with van der Waals surface area (Å²) in [6.07, 6.45) is 3.47. The molecule has 0 aliphatic carbocycles. The van der Waals surface area contributed by atoms with Crippen molar-refractivity contribution in [3.8, 4) is 22.7 Å². The van der Waals surface area contributed by atoms with Gasteiger partial charge in [-0.1, -0.05) is 42.5 Å². The predicted molar refractivity (Wildman–Crippen MR) is 134 cm³/mol. The number of methoxy groups -OCH3 is 1. The second-order valence-corrected chi connectivity index (χ2v) is 8.82. The van der Waals surface area contributed by atoms with Crippen molar-refractivity contribution in [2.45, 2.75) is 25.4 Å². The standard InChI is InChI=1S/C28H27FN4O3/c1-36-27-16-25(31-33(27)26-5-3-2-4-24(26)29)28(35)32-14-12-21(13-15-32)19-6-8-20(9-7-19)22-10-11-23(18-34)30-17-22/h2-11,16-17,21,34H,12-15,18H2,1H3. The van der Waals surface area contributed by atoms with E-state index in [9.17, 15) is 9.18 Å². The van der Waals surface area contributed by atoms with Crippen LogP contribution >= 0.6 is 0 Å². The Kier molecular flexibility index (Phi) is 6.77. The zero-order valence-corrected chi connectivity index (χ0v) is 20.0. The first-order valence-corrected chi connectivity index (χ1v) is 11.9. The lowest BCUT2D eigenvalue weighted by molar-refractivity contribution is 0.0706. The maximum atomic E-state index is 14.3. The van der Waals surface area contributed by atoms with Crippen LogP contribution in [0.2, 0.25) is 0 Å². The SMILES string of the molecule is COc1cc(C(=O)N2CCC(c3ccc(-c4ccc(CO)nc4)cc3)CC2)nn1-c1ccccc1F. The average Bonchev–Trinajstić information content (AvgIpc) is 3.37. The molecule has 3 heterocycles. The molecule has 0 radical (unpaired) electrons. The number of halogens is 1. The Labute approximate surface area is 208 Å². The maximum Gasteiger partial charge on any atom is 0.274 e. The van der Waals surface area contributed by atoms with Gasteiger partial charge in [0.15, 0.2) is 5.69 Å². The second-order valence-electron chi connectivity index (χ2n) is 8.82. The van der Waals surface area contributed by atoms with E-state index in [4.69, 9.17) is 9.84 Å². The molecule has 0 unspecified atom stereocenters. The first-order chi connectivity index (χ1) is 17.6. The topological polar surface area (TPSA) is 80.5 Å². The summed E-state index contributed by atoms with van der Waals surface area (Å²) in [4.78, 5) is 19.2. The minimum Gasteiger partial charge on any atom is -0.481 e. The highest BCUT2D eigenvalue weighted by molar-refractivity contribution is 5.92. The van der Waals surface area contributed by atoms with Crippen LogP contribution in [0.1, 0.15) is 40.5 Å². The van der Waals surface area contributed by atoms with E-state index in [1.54, 1.807) is 35.4 Å². The van der Waals surface area contributed by atoms with Gasteiger partial charge in [0.25, 0.3) is 5.91 Å². The zero-order chi connectivity index (χ0) is 25.1. The highest BCUT2D eigenvalue weighted by Crippen LogP contribution is 2.31. The number of carbonyl (C=O) groups excluding carboxylic acids is 1. The number of hydrogen-bond donors (Lipinski definition) is 1. The van der Waals surface area contributed by atoms with Crippen molar-refractivity contribution in [2.24, 2.45) is 0 Å². The normalized spacial score (nSPS) is 14.1. The van der Waals surface area contributed by atoms with E-state index in [2.05, 4.69) is 34.3 Å². The van der Waals surface area contributed by atoms with Gasteiger partial charge in [0.05, 0.1) is 19.4 Å². The van der Waals surface area contributed by atoms with Gasteiger partial charge in [-0.05, 0) is 48.1 Å². The van der Waals surface area contributed by atoms with Crippen LogP contribution in [0.3, 0.4) is 0 Å². The molecule has 0 atom stereocenters. The number of aromatic nitrogens is 3. The molecule has 184 valence electrons. The summed E-state index contributed by atoms with van der Waals surface area (Å²) in [7, 11) is 1.47. The van der Waals surface area contributed by atoms with Crippen LogP contribution in [0.4, 0.5) is 4.39 Å². The van der Waals surface area contributed by atoms with Crippen LogP contribution in [0.15, 0.2) is 72.9 Å². The molecule has 2 aromatic heterocycles. The number of carbonyl (C=O) groups is 1. The van der Waals surface area contributed by atoms with Gasteiger partial charge < -0.3 is 14.7 Å². The maximum absolute atomic E-state index is 14.3. The number of aliphatic hydroxyl groups is 1. The predicted octanol–water partition coefficient (Wildman–Crippen LogP) is 4.59. The van der Waals surface area contributed by atoms with Crippen molar-refractivity contribution >= 4 is 5.91 Å². The molecule has 1 aliphatic rings. The number of nitrogens with zero attached hydrogens (tertiary/aromatic N) is 4. The van der Waals surface area contributed by atoms with Gasteiger partial charge in [-0.25, -0.2) is 4.39 Å². The quantitative estimate of drug-likeness (QED) is 0.431. The van der Waals surface area contributed by atoms with Crippen molar-refractivity contribution < 1.29 is 19.0 Å². The smallest absolute Gasteiger partial charge is 0.274 e. The Balaban J connectivity index is 1.24. The van der Waals surface area contributed by atoms with E-state index in [0.29, 0.717) is 30.6 Å². The molecule has 4 aromatic rings. The van der Waals surface area contributed by atoms with Gasteiger partial charge in [0.2, 0.25) is 5.88 Å². The first kappa shape index (κ1) is 23.7. The molecule has 36 heavy (non-hydrogen) atoms. The molecule has 1 amide bonds. The van der Waals surface area contributed by atoms with E-state index in [1.807, 2.05) is 12.1 Å². The largest absolute Gasteiger partial charge is 0.481 e. The average molecular weight is 487 g/mol. The summed E-state index contributed by atoms with van der Waals surface area (Å²) in [5.74, 6) is 0.0438. The minimum absolute atomic E-state index is 0.0680. The van der Waals surface area contributed by atoms with Gasteiger partial charge in [0, 0.05) is 30.9 Å². The third-order valence-electron chi connectivity index (χ3n) is 6.67. The highest BCUT2D eigenvalue weighted by atomic mass is 19.1. The molecule has 8 heteroatoms. The molecule has 0 saturated carbocycles. The van der Waals surface area contributed by atoms with Crippen molar-refractivity contribution in [3.05, 3.63) is 95.7 Å². The molecule has 1 saturated heterocycles. The zero-order valence-electron chi connectivity index (χ0n) is 20.0. The summed E-state index contributed by atoms with van der Waals surface area (Å²) in [6, 6.07) is 20.0. The van der Waals surface area contributed by atoms with Crippen LogP contribution in [0.25, 0.3) is 16.8 Å². The van der Waals surface area contributed by atoms with E-state index < -0.39 is 5.82 Å². The Morgan fingerprint density at radius 1 is 1.06 bits per heavy atom. The molecule has 0 bridgehead atoms. The Morgan fingerprint density at radius 2 is 1.78 bits per heavy atom. The van der Waals surface area contributed by atoms with Crippen molar-refractivity contribution in [2.75, 3.05) is 20.2 Å². The van der Waals surface area contributed by atoms with E-state index in [0.717, 1.165) is 24.0 Å². The van der Waals surface area contributed by atoms with E-state index >= 15 is 0 Å². The number of pyridine rings is 1. The lowest BCUT2D eigenvalue weighted by Crippen LogP contribution is -2.38. The first-order valence-electron chi connectivity index (χ1n) is 11.9. The molecule has 1 fully saturated rings. The molecule has 1 N–H and O–H groups in total. The fourth-order valence-corrected chi connectivity index (χ4v) is 4.62. The second kappa shape index (κ2) is 10.3. The number of benzene rings is 2. The molecule has 0 spiro atoms. The summed E-state index contributed by atoms with van der Waals surface area (Å²) < 4.78 is 21.0. The number of aliphatic hydroxyl groups excluding tert-OH is 1. The van der Waals surface area contributed by atoms with E-state index in [-0.39, 0.29) is 23.9 Å². The molecule has 5 rings (SSSR count). The number of para-hydroxylation sites is 1. The van der Waals surface area contributed by atoms with Gasteiger partial charge in [0.1, 0.15) is 11.5 Å². The van der Waals surface area contributed by atoms with Gasteiger partial charge >= 0.3 is 0 Å². The summed E-state index contributed by atoms with van der Waals surface area (Å²) in [6.45, 7) is 1.17. The van der Waals surface area contributed by atoms with Gasteiger partial charge in [-0.15, -0.1) is 0 Å². The van der Waals surface area contributed by atoms with Crippen LogP contribution in [0.5, 0.6) is 5.88 Å². The fourth-order valence-electron chi connectivity index (χ4n) is 4.62. The number of hydrogen-bond acceptors (Lipinski definition) is 5.